The average molecular weight is 813 g/mol. The quantitative estimate of drug-likeness (QED) is 0.0292. The summed E-state index contributed by atoms with van der Waals surface area (Å²) in [6.07, 6.45) is 15.8. The van der Waals surface area contributed by atoms with E-state index >= 15 is 0 Å². The van der Waals surface area contributed by atoms with Crippen molar-refractivity contribution in [2.24, 2.45) is 0 Å². The molecule has 5 rings (SSSR count). The number of hydrogen-bond donors (Lipinski definition) is 0. The Morgan fingerprint density at radius 1 is 0.483 bits per heavy atom. The molecule has 0 fully saturated rings. The Bertz CT molecular complexity index is 1990. The maximum Gasteiger partial charge on any atom is 0.336 e. The summed E-state index contributed by atoms with van der Waals surface area (Å²) >= 11 is 0. The molecule has 10 nitrogen and oxygen atoms in total. The molecule has 0 aliphatic heterocycles. The Hall–Kier alpha value is -6.68. The lowest BCUT2D eigenvalue weighted by Gasteiger charge is -2.09. The normalized spacial score (nSPS) is 12.7. The Morgan fingerprint density at radius 2 is 0.850 bits per heavy atom. The largest absolute Gasteiger partial charge is 0.494 e. The third-order valence-corrected chi connectivity index (χ3v) is 9.73. The Kier molecular flexibility index (Phi) is 17.5. The zero-order valence-electron chi connectivity index (χ0n) is 34.1. The van der Waals surface area contributed by atoms with Crippen LogP contribution in [-0.2, 0) is 28.7 Å². The fourth-order valence-corrected chi connectivity index (χ4v) is 6.52. The number of carbonyl (C=O) groups excluding carboxylic acids is 4. The molecule has 1 aliphatic rings. The van der Waals surface area contributed by atoms with Gasteiger partial charge >= 0.3 is 23.9 Å². The van der Waals surface area contributed by atoms with E-state index in [9.17, 15) is 19.2 Å². The van der Waals surface area contributed by atoms with Crippen LogP contribution in [0.15, 0.2) is 122 Å². The third kappa shape index (κ3) is 14.3. The summed E-state index contributed by atoms with van der Waals surface area (Å²) in [7, 11) is 0. The first-order chi connectivity index (χ1) is 29.2. The molecule has 0 heterocycles. The van der Waals surface area contributed by atoms with E-state index in [1.807, 2.05) is 72.8 Å². The fraction of sp³-hybridized carbons (Fsp3) is 0.280. The lowest BCUT2D eigenvalue weighted by molar-refractivity contribution is -0.138. The molecule has 0 amide bonds. The number of hydrogen-bond acceptors (Lipinski definition) is 10. The number of carbonyl (C=O) groups is 4. The Morgan fingerprint density at radius 3 is 1.23 bits per heavy atom. The molecule has 0 bridgehead atoms. The molecule has 0 saturated carbocycles. The maximum absolute atomic E-state index is 12.7. The van der Waals surface area contributed by atoms with Crippen molar-refractivity contribution in [2.75, 3.05) is 26.4 Å². The maximum atomic E-state index is 12.7. The van der Waals surface area contributed by atoms with Crippen molar-refractivity contribution in [3.8, 4) is 34.1 Å². The molecule has 0 radical (unpaired) electrons. The number of esters is 4. The third-order valence-electron chi connectivity index (χ3n) is 9.73. The smallest absolute Gasteiger partial charge is 0.336 e. The minimum Gasteiger partial charge on any atom is -0.494 e. The second-order valence-electron chi connectivity index (χ2n) is 14.1. The number of benzene rings is 4. The first-order valence-electron chi connectivity index (χ1n) is 20.3. The molecule has 60 heavy (non-hydrogen) atoms. The van der Waals surface area contributed by atoms with Crippen molar-refractivity contribution < 1.29 is 47.6 Å². The number of rotatable bonds is 24. The van der Waals surface area contributed by atoms with Crippen LogP contribution in [0.1, 0.15) is 86.5 Å². The van der Waals surface area contributed by atoms with Gasteiger partial charge in [-0.05, 0) is 145 Å². The molecule has 0 saturated heterocycles. The van der Waals surface area contributed by atoms with Crippen molar-refractivity contribution in [3.05, 3.63) is 145 Å². The lowest BCUT2D eigenvalue weighted by Crippen LogP contribution is -2.04. The van der Waals surface area contributed by atoms with Crippen LogP contribution < -0.4 is 18.9 Å². The Labute approximate surface area is 352 Å². The molecule has 0 atom stereocenters. The summed E-state index contributed by atoms with van der Waals surface area (Å²) in [4.78, 5) is 47.6. The predicted molar refractivity (Wildman–Crippen MR) is 232 cm³/mol. The summed E-state index contributed by atoms with van der Waals surface area (Å²) in [5, 5.41) is 0. The molecule has 312 valence electrons. The topological polar surface area (TPSA) is 124 Å². The summed E-state index contributed by atoms with van der Waals surface area (Å²) in [5.41, 5.74) is 5.78. The van der Waals surface area contributed by atoms with Crippen LogP contribution >= 0.6 is 0 Å². The van der Waals surface area contributed by atoms with Crippen molar-refractivity contribution in [1.82, 2.24) is 0 Å². The highest BCUT2D eigenvalue weighted by molar-refractivity contribution is 5.90. The molecule has 0 unspecified atom stereocenters. The minimum atomic E-state index is -0.491. The predicted octanol–water partition coefficient (Wildman–Crippen LogP) is 10.4. The molecule has 0 spiro atoms. The molecule has 0 aromatic heterocycles. The van der Waals surface area contributed by atoms with Gasteiger partial charge in [0.15, 0.2) is 0 Å². The zero-order chi connectivity index (χ0) is 42.5. The van der Waals surface area contributed by atoms with E-state index < -0.39 is 23.9 Å². The van der Waals surface area contributed by atoms with Crippen LogP contribution in [0.5, 0.6) is 23.0 Å². The van der Waals surface area contributed by atoms with Gasteiger partial charge in [-0.15, -0.1) is 0 Å². The average Bonchev–Trinajstić information content (AvgIpc) is 3.54. The fourth-order valence-electron chi connectivity index (χ4n) is 6.52. The van der Waals surface area contributed by atoms with Crippen LogP contribution in [-0.4, -0.2) is 50.3 Å². The number of unbranched alkanes of at least 4 members (excludes halogenated alkanes) is 6. The standard InChI is InChI=1S/C50H52O10/c1-4-47(51)57-32-12-8-6-10-30-55-39-20-14-37(15-21-39)18-28-49(53)59-41-24-26-43-44-27-25-42(35-46(44)36(3)45(43)34-41)60-50(54)29-19-38-16-22-40(23-17-38)56-31-11-7-9-13-33-58-48(52)5-2/h4-5,14-29,34-36H,1-2,6-13,30-33H2,3H3. The summed E-state index contributed by atoms with van der Waals surface area (Å²) in [6.45, 7) is 10.8. The summed E-state index contributed by atoms with van der Waals surface area (Å²) in [6, 6.07) is 26.2. The van der Waals surface area contributed by atoms with Gasteiger partial charge in [0.1, 0.15) is 23.0 Å². The van der Waals surface area contributed by atoms with E-state index in [0.717, 1.165) is 96.2 Å². The van der Waals surface area contributed by atoms with E-state index in [4.69, 9.17) is 28.4 Å². The number of fused-ring (bicyclic) bond motifs is 3. The van der Waals surface area contributed by atoms with Gasteiger partial charge in [-0.25, -0.2) is 19.2 Å². The monoisotopic (exact) mass is 812 g/mol. The van der Waals surface area contributed by atoms with Gasteiger partial charge in [0.25, 0.3) is 0 Å². The first kappa shape index (κ1) is 44.4. The van der Waals surface area contributed by atoms with Crippen LogP contribution in [0.4, 0.5) is 0 Å². The van der Waals surface area contributed by atoms with E-state index in [2.05, 4.69) is 20.1 Å². The van der Waals surface area contributed by atoms with E-state index in [1.165, 1.54) is 24.3 Å². The molecule has 1 aliphatic carbocycles. The molecular formula is C50H52O10. The van der Waals surface area contributed by atoms with Crippen LogP contribution in [0.25, 0.3) is 23.3 Å². The van der Waals surface area contributed by atoms with Crippen LogP contribution in [0.3, 0.4) is 0 Å². The van der Waals surface area contributed by atoms with Gasteiger partial charge in [0.05, 0.1) is 26.4 Å². The number of ether oxygens (including phenoxy) is 6. The van der Waals surface area contributed by atoms with Crippen molar-refractivity contribution in [3.63, 3.8) is 0 Å². The highest BCUT2D eigenvalue weighted by atomic mass is 16.5. The van der Waals surface area contributed by atoms with Gasteiger partial charge in [0, 0.05) is 30.2 Å². The summed E-state index contributed by atoms with van der Waals surface area (Å²) in [5.74, 6) is 0.600. The highest BCUT2D eigenvalue weighted by Crippen LogP contribution is 2.47. The summed E-state index contributed by atoms with van der Waals surface area (Å²) < 4.78 is 32.9. The second kappa shape index (κ2) is 23.7. The zero-order valence-corrected chi connectivity index (χ0v) is 34.1. The highest BCUT2D eigenvalue weighted by Gasteiger charge is 2.27. The minimum absolute atomic E-state index is 0.0114. The van der Waals surface area contributed by atoms with Gasteiger partial charge in [0.2, 0.25) is 0 Å². The Balaban J connectivity index is 1.02. The van der Waals surface area contributed by atoms with Crippen molar-refractivity contribution in [2.45, 2.75) is 64.2 Å². The van der Waals surface area contributed by atoms with E-state index in [-0.39, 0.29) is 5.92 Å². The van der Waals surface area contributed by atoms with Gasteiger partial charge in [-0.2, -0.15) is 0 Å². The lowest BCUT2D eigenvalue weighted by atomic mass is 9.99. The van der Waals surface area contributed by atoms with Gasteiger partial charge < -0.3 is 28.4 Å². The van der Waals surface area contributed by atoms with Crippen LogP contribution in [0, 0.1) is 0 Å². The molecule has 4 aromatic carbocycles. The van der Waals surface area contributed by atoms with Crippen molar-refractivity contribution in [1.29, 1.82) is 0 Å². The first-order valence-corrected chi connectivity index (χ1v) is 20.3. The van der Waals surface area contributed by atoms with Crippen LogP contribution in [0.2, 0.25) is 0 Å². The van der Waals surface area contributed by atoms with E-state index in [0.29, 0.717) is 37.9 Å². The molecule has 4 aromatic rings. The van der Waals surface area contributed by atoms with Gasteiger partial charge in [-0.1, -0.05) is 56.5 Å². The van der Waals surface area contributed by atoms with Crippen molar-refractivity contribution >= 4 is 36.0 Å². The van der Waals surface area contributed by atoms with E-state index in [1.54, 1.807) is 24.3 Å². The SMILES string of the molecule is C=CC(=O)OCCCCCCOc1ccc(C=CC(=O)Oc2ccc3c(c2)C(C)c2cc(OC(=O)C=Cc4ccc(OCCCCCCOC(=O)C=C)cc4)ccc2-3)cc1. The molecule has 10 heteroatoms. The second-order valence-corrected chi connectivity index (χ2v) is 14.1. The van der Waals surface area contributed by atoms with Gasteiger partial charge in [-0.3, -0.25) is 0 Å². The molecular weight excluding hydrogens is 761 g/mol. The molecule has 0 N–H and O–H groups in total.